The van der Waals surface area contributed by atoms with Crippen molar-refractivity contribution in [3.8, 4) is 11.4 Å². The van der Waals surface area contributed by atoms with E-state index in [1.807, 2.05) is 18.2 Å². The minimum atomic E-state index is 0.547. The molecule has 6 heteroatoms. The van der Waals surface area contributed by atoms with Gasteiger partial charge in [-0.15, -0.1) is 10.2 Å². The summed E-state index contributed by atoms with van der Waals surface area (Å²) in [6, 6.07) is 9.79. The molecule has 1 aliphatic rings. The molecule has 0 saturated carbocycles. The molecule has 1 aliphatic heterocycles. The first-order chi connectivity index (χ1) is 11.7. The molecule has 0 radical (unpaired) electrons. The van der Waals surface area contributed by atoms with Crippen LogP contribution in [0.2, 0.25) is 5.02 Å². The fourth-order valence-electron chi connectivity index (χ4n) is 3.25. The number of hydrogen-bond acceptors (Lipinski definition) is 4. The maximum absolute atomic E-state index is 6.21. The van der Waals surface area contributed by atoms with Gasteiger partial charge in [0.1, 0.15) is 16.8 Å². The van der Waals surface area contributed by atoms with Gasteiger partial charge in [0.15, 0.2) is 0 Å². The second-order valence-corrected chi connectivity index (χ2v) is 6.54. The van der Waals surface area contributed by atoms with E-state index in [9.17, 15) is 0 Å². The van der Waals surface area contributed by atoms with E-state index in [-0.39, 0.29) is 0 Å². The van der Waals surface area contributed by atoms with E-state index in [2.05, 4.69) is 34.2 Å². The van der Waals surface area contributed by atoms with Gasteiger partial charge in [0.2, 0.25) is 0 Å². The molecule has 1 saturated heterocycles. The molecule has 1 fully saturated rings. The van der Waals surface area contributed by atoms with Crippen molar-refractivity contribution in [3.63, 3.8) is 0 Å². The lowest BCUT2D eigenvalue weighted by atomic mass is 10.1. The Hall–Kier alpha value is -2.27. The van der Waals surface area contributed by atoms with Gasteiger partial charge in [0, 0.05) is 18.8 Å². The standard InChI is InChI=1S/C18H19ClN4O/c1-12-9-15-16(11-17(12)22-7-3-4-8-22)21-23(20-15)13-5-6-18(24-2)14(19)10-13/h5-6,9-11H,3-4,7-8H2,1-2H3. The SMILES string of the molecule is COc1ccc(-n2nc3cc(C)c(N4CCCC4)cc3n2)cc1Cl. The predicted octanol–water partition coefficient (Wildman–Crippen LogP) is 3.99. The fourth-order valence-corrected chi connectivity index (χ4v) is 3.50. The van der Waals surface area contributed by atoms with Gasteiger partial charge >= 0.3 is 0 Å². The van der Waals surface area contributed by atoms with Gasteiger partial charge in [0.25, 0.3) is 0 Å². The Morgan fingerprint density at radius 2 is 1.75 bits per heavy atom. The first-order valence-electron chi connectivity index (χ1n) is 8.12. The summed E-state index contributed by atoms with van der Waals surface area (Å²) in [5.41, 5.74) is 5.11. The number of ether oxygens (including phenoxy) is 1. The lowest BCUT2D eigenvalue weighted by molar-refractivity contribution is 0.415. The smallest absolute Gasteiger partial charge is 0.137 e. The minimum Gasteiger partial charge on any atom is -0.495 e. The van der Waals surface area contributed by atoms with Crippen molar-refractivity contribution < 1.29 is 4.74 Å². The first-order valence-corrected chi connectivity index (χ1v) is 8.50. The number of benzene rings is 2. The van der Waals surface area contributed by atoms with E-state index >= 15 is 0 Å². The van der Waals surface area contributed by atoms with Crippen LogP contribution < -0.4 is 9.64 Å². The molecule has 0 aliphatic carbocycles. The summed E-state index contributed by atoms with van der Waals surface area (Å²) in [6.45, 7) is 4.37. The lowest BCUT2D eigenvalue weighted by Gasteiger charge is -2.19. The van der Waals surface area contributed by atoms with Crippen LogP contribution in [-0.2, 0) is 0 Å². The van der Waals surface area contributed by atoms with E-state index in [1.54, 1.807) is 11.9 Å². The number of anilines is 1. The van der Waals surface area contributed by atoms with Gasteiger partial charge in [-0.25, -0.2) is 0 Å². The van der Waals surface area contributed by atoms with Crippen LogP contribution in [0.25, 0.3) is 16.7 Å². The van der Waals surface area contributed by atoms with Crippen LogP contribution in [0.3, 0.4) is 0 Å². The summed E-state index contributed by atoms with van der Waals surface area (Å²) >= 11 is 6.21. The average molecular weight is 343 g/mol. The molecular formula is C18H19ClN4O. The maximum atomic E-state index is 6.21. The Kier molecular flexibility index (Phi) is 3.81. The van der Waals surface area contributed by atoms with Gasteiger partial charge in [-0.1, -0.05) is 11.6 Å². The maximum Gasteiger partial charge on any atom is 0.137 e. The molecule has 0 atom stereocenters. The largest absolute Gasteiger partial charge is 0.495 e. The summed E-state index contributed by atoms with van der Waals surface area (Å²) in [5, 5.41) is 9.77. The molecule has 0 N–H and O–H groups in total. The van der Waals surface area contributed by atoms with Crippen LogP contribution in [0.5, 0.6) is 5.75 Å². The van der Waals surface area contributed by atoms with Gasteiger partial charge in [0.05, 0.1) is 17.8 Å². The molecule has 0 unspecified atom stereocenters. The summed E-state index contributed by atoms with van der Waals surface area (Å²) < 4.78 is 5.20. The number of nitrogens with zero attached hydrogens (tertiary/aromatic N) is 4. The highest BCUT2D eigenvalue weighted by Gasteiger charge is 2.17. The highest BCUT2D eigenvalue weighted by molar-refractivity contribution is 6.32. The highest BCUT2D eigenvalue weighted by Crippen LogP contribution is 2.29. The Bertz CT molecular complexity index is 899. The summed E-state index contributed by atoms with van der Waals surface area (Å²) in [5.74, 6) is 0.643. The Balaban J connectivity index is 1.76. The normalized spacial score (nSPS) is 14.5. The van der Waals surface area contributed by atoms with Crippen LogP contribution in [0, 0.1) is 6.92 Å². The molecule has 1 aromatic heterocycles. The zero-order chi connectivity index (χ0) is 16.7. The number of rotatable bonds is 3. The van der Waals surface area contributed by atoms with Gasteiger partial charge in [-0.2, -0.15) is 4.80 Å². The fraction of sp³-hybridized carbons (Fsp3) is 0.333. The average Bonchev–Trinajstić information content (AvgIpc) is 3.23. The third kappa shape index (κ3) is 2.59. The Morgan fingerprint density at radius 1 is 1.04 bits per heavy atom. The van der Waals surface area contributed by atoms with Crippen LogP contribution in [0.1, 0.15) is 18.4 Å². The number of hydrogen-bond donors (Lipinski definition) is 0. The first kappa shape index (κ1) is 15.3. The molecule has 0 amide bonds. The number of aromatic nitrogens is 3. The van der Waals surface area contributed by atoms with E-state index in [0.717, 1.165) is 29.8 Å². The summed E-state index contributed by atoms with van der Waals surface area (Å²) in [4.78, 5) is 4.06. The second kappa shape index (κ2) is 5.98. The van der Waals surface area contributed by atoms with Crippen LogP contribution in [-0.4, -0.2) is 35.2 Å². The quantitative estimate of drug-likeness (QED) is 0.721. The molecule has 2 heterocycles. The molecule has 3 aromatic rings. The third-order valence-corrected chi connectivity index (χ3v) is 4.81. The number of methoxy groups -OCH3 is 1. The van der Waals surface area contributed by atoms with Crippen molar-refractivity contribution >= 4 is 28.3 Å². The van der Waals surface area contributed by atoms with Crippen LogP contribution >= 0.6 is 11.6 Å². The zero-order valence-corrected chi connectivity index (χ0v) is 14.5. The Morgan fingerprint density at radius 3 is 2.42 bits per heavy atom. The third-order valence-electron chi connectivity index (χ3n) is 4.51. The van der Waals surface area contributed by atoms with E-state index in [1.165, 1.54) is 24.1 Å². The number of halogens is 1. The second-order valence-electron chi connectivity index (χ2n) is 6.13. The van der Waals surface area contributed by atoms with E-state index < -0.39 is 0 Å². The summed E-state index contributed by atoms with van der Waals surface area (Å²) in [7, 11) is 1.60. The van der Waals surface area contributed by atoms with E-state index in [4.69, 9.17) is 16.3 Å². The molecule has 124 valence electrons. The van der Waals surface area contributed by atoms with Crippen molar-refractivity contribution in [1.29, 1.82) is 0 Å². The van der Waals surface area contributed by atoms with Crippen molar-refractivity contribution in [2.24, 2.45) is 0 Å². The van der Waals surface area contributed by atoms with Crippen molar-refractivity contribution in [1.82, 2.24) is 15.0 Å². The van der Waals surface area contributed by atoms with Crippen LogP contribution in [0.15, 0.2) is 30.3 Å². The molecule has 24 heavy (non-hydrogen) atoms. The molecule has 0 spiro atoms. The minimum absolute atomic E-state index is 0.547. The van der Waals surface area contributed by atoms with Crippen LogP contribution in [0.4, 0.5) is 5.69 Å². The highest BCUT2D eigenvalue weighted by atomic mass is 35.5. The molecule has 5 nitrogen and oxygen atoms in total. The molecular weight excluding hydrogens is 324 g/mol. The zero-order valence-electron chi connectivity index (χ0n) is 13.8. The van der Waals surface area contributed by atoms with Crippen molar-refractivity contribution in [2.45, 2.75) is 19.8 Å². The lowest BCUT2D eigenvalue weighted by Crippen LogP contribution is -2.18. The monoisotopic (exact) mass is 342 g/mol. The topological polar surface area (TPSA) is 43.2 Å². The van der Waals surface area contributed by atoms with Crippen molar-refractivity contribution in [3.05, 3.63) is 40.9 Å². The molecule has 0 bridgehead atoms. The summed E-state index contributed by atoms with van der Waals surface area (Å²) in [6.07, 6.45) is 2.52. The number of aryl methyl sites for hydroxylation is 1. The van der Waals surface area contributed by atoms with Gasteiger partial charge in [-0.3, -0.25) is 0 Å². The molecule has 2 aromatic carbocycles. The van der Waals surface area contributed by atoms with E-state index in [0.29, 0.717) is 10.8 Å². The Labute approximate surface area is 145 Å². The van der Waals surface area contributed by atoms with Gasteiger partial charge in [-0.05, 0) is 55.7 Å². The predicted molar refractivity (Wildman–Crippen MR) is 96.6 cm³/mol. The number of fused-ring (bicyclic) bond motifs is 1. The molecule has 4 rings (SSSR count). The van der Waals surface area contributed by atoms with Gasteiger partial charge < -0.3 is 9.64 Å². The van der Waals surface area contributed by atoms with Crippen molar-refractivity contribution in [2.75, 3.05) is 25.1 Å².